The number of carbonyl (C=O) groups is 1. The molecule has 1 aromatic rings. The van der Waals surface area contributed by atoms with E-state index in [-0.39, 0.29) is 5.56 Å². The smallest absolute Gasteiger partial charge is 0.339 e. The number of hydrogen-bond acceptors (Lipinski definition) is 1. The van der Waals surface area contributed by atoms with Crippen molar-refractivity contribution < 1.29 is 14.3 Å². The van der Waals surface area contributed by atoms with E-state index in [0.717, 1.165) is 5.56 Å². The highest BCUT2D eigenvalue weighted by molar-refractivity contribution is 14.1. The molecule has 0 spiro atoms. The third-order valence-electron chi connectivity index (χ3n) is 1.50. The van der Waals surface area contributed by atoms with Crippen LogP contribution in [0.25, 0.3) is 0 Å². The average molecular weight is 280 g/mol. The van der Waals surface area contributed by atoms with E-state index in [4.69, 9.17) is 5.11 Å². The van der Waals surface area contributed by atoms with Crippen molar-refractivity contribution in [3.8, 4) is 0 Å². The molecule has 0 saturated heterocycles. The fourth-order valence-corrected chi connectivity index (χ4v) is 1.52. The topological polar surface area (TPSA) is 37.3 Å². The van der Waals surface area contributed by atoms with Crippen molar-refractivity contribution in [3.05, 3.63) is 32.6 Å². The normalized spacial score (nSPS) is 9.92. The van der Waals surface area contributed by atoms with Crippen molar-refractivity contribution in [1.29, 1.82) is 0 Å². The van der Waals surface area contributed by atoms with Crippen molar-refractivity contribution in [2.24, 2.45) is 0 Å². The predicted octanol–water partition coefficient (Wildman–Crippen LogP) is 2.44. The number of aryl methyl sites for hydroxylation is 1. The molecule has 0 atom stereocenters. The summed E-state index contributed by atoms with van der Waals surface area (Å²) < 4.78 is 13.4. The Bertz CT molecular complexity index is 336. The zero-order chi connectivity index (χ0) is 9.30. The third-order valence-corrected chi connectivity index (χ3v) is 2.89. The van der Waals surface area contributed by atoms with Crippen LogP contribution >= 0.6 is 22.6 Å². The summed E-state index contributed by atoms with van der Waals surface area (Å²) in [5.41, 5.74) is 0.532. The number of aromatic carboxylic acids is 1. The second kappa shape index (κ2) is 3.38. The summed E-state index contributed by atoms with van der Waals surface area (Å²) in [6.45, 7) is 1.74. The van der Waals surface area contributed by atoms with Gasteiger partial charge in [-0.25, -0.2) is 9.18 Å². The first kappa shape index (κ1) is 9.44. The van der Waals surface area contributed by atoms with Crippen LogP contribution in [0.5, 0.6) is 0 Å². The average Bonchev–Trinajstić information content (AvgIpc) is 1.97. The molecule has 0 aliphatic heterocycles. The Morgan fingerprint density at radius 3 is 2.58 bits per heavy atom. The van der Waals surface area contributed by atoms with Crippen LogP contribution in [0.1, 0.15) is 15.9 Å². The molecule has 0 aliphatic carbocycles. The van der Waals surface area contributed by atoms with Gasteiger partial charge in [-0.2, -0.15) is 0 Å². The van der Waals surface area contributed by atoms with Crippen LogP contribution in [0, 0.1) is 16.3 Å². The highest BCUT2D eigenvalue weighted by Crippen LogP contribution is 2.19. The number of carboxylic acid groups (broad SMARTS) is 1. The summed E-state index contributed by atoms with van der Waals surface area (Å²) in [7, 11) is 0. The van der Waals surface area contributed by atoms with Crippen LogP contribution in [0.2, 0.25) is 0 Å². The van der Waals surface area contributed by atoms with Crippen LogP contribution < -0.4 is 0 Å². The number of benzene rings is 1. The fourth-order valence-electron chi connectivity index (χ4n) is 0.853. The third kappa shape index (κ3) is 1.57. The molecule has 0 bridgehead atoms. The predicted molar refractivity (Wildman–Crippen MR) is 50.8 cm³/mol. The lowest BCUT2D eigenvalue weighted by Gasteiger charge is -2.03. The molecular weight excluding hydrogens is 274 g/mol. The van der Waals surface area contributed by atoms with Gasteiger partial charge in [0.25, 0.3) is 0 Å². The van der Waals surface area contributed by atoms with Gasteiger partial charge in [0.15, 0.2) is 0 Å². The fraction of sp³-hybridized carbons (Fsp3) is 0.125. The minimum Gasteiger partial charge on any atom is -0.478 e. The molecule has 0 radical (unpaired) electrons. The summed E-state index contributed by atoms with van der Waals surface area (Å²) in [5.74, 6) is -1.90. The highest BCUT2D eigenvalue weighted by atomic mass is 127. The Morgan fingerprint density at radius 1 is 1.58 bits per heavy atom. The molecule has 1 rings (SSSR count). The van der Waals surface area contributed by atoms with Crippen molar-refractivity contribution in [2.45, 2.75) is 6.92 Å². The molecule has 0 unspecified atom stereocenters. The molecule has 0 fully saturated rings. The van der Waals surface area contributed by atoms with E-state index in [9.17, 15) is 9.18 Å². The summed E-state index contributed by atoms with van der Waals surface area (Å²) in [5, 5.41) is 8.63. The van der Waals surface area contributed by atoms with Crippen molar-refractivity contribution in [1.82, 2.24) is 0 Å². The van der Waals surface area contributed by atoms with Crippen molar-refractivity contribution in [3.63, 3.8) is 0 Å². The standard InChI is InChI=1S/C8H6FIO2/c1-4-2-3-5(9)6(7(4)10)8(11)12/h2-3H,1H3,(H,11,12). The maximum atomic E-state index is 12.9. The number of hydrogen-bond donors (Lipinski definition) is 1. The summed E-state index contributed by atoms with van der Waals surface area (Å²) in [6.07, 6.45) is 0. The van der Waals surface area contributed by atoms with E-state index in [1.165, 1.54) is 6.07 Å². The lowest BCUT2D eigenvalue weighted by atomic mass is 10.1. The molecule has 64 valence electrons. The van der Waals surface area contributed by atoms with Gasteiger partial charge in [0.05, 0.1) is 0 Å². The molecule has 0 heterocycles. The van der Waals surface area contributed by atoms with Crippen molar-refractivity contribution >= 4 is 28.6 Å². The molecule has 2 nitrogen and oxygen atoms in total. The highest BCUT2D eigenvalue weighted by Gasteiger charge is 2.15. The zero-order valence-electron chi connectivity index (χ0n) is 6.27. The number of carboxylic acids is 1. The maximum Gasteiger partial charge on any atom is 0.339 e. The molecule has 0 amide bonds. The van der Waals surface area contributed by atoms with Gasteiger partial charge in [-0.1, -0.05) is 6.07 Å². The van der Waals surface area contributed by atoms with Crippen molar-refractivity contribution in [2.75, 3.05) is 0 Å². The minimum absolute atomic E-state index is 0.240. The van der Waals surface area contributed by atoms with Crippen LogP contribution in [-0.2, 0) is 0 Å². The van der Waals surface area contributed by atoms with Crippen LogP contribution in [0.3, 0.4) is 0 Å². The summed E-state index contributed by atoms with van der Waals surface area (Å²) in [6, 6.07) is 2.73. The van der Waals surface area contributed by atoms with Gasteiger partial charge in [-0.15, -0.1) is 0 Å². The van der Waals surface area contributed by atoms with Gasteiger partial charge in [0.1, 0.15) is 11.4 Å². The van der Waals surface area contributed by atoms with Gasteiger partial charge in [0, 0.05) is 3.57 Å². The Hall–Kier alpha value is -0.650. The molecule has 12 heavy (non-hydrogen) atoms. The van der Waals surface area contributed by atoms with E-state index < -0.39 is 11.8 Å². The lowest BCUT2D eigenvalue weighted by molar-refractivity contribution is 0.0690. The van der Waals surface area contributed by atoms with Gasteiger partial charge >= 0.3 is 5.97 Å². The van der Waals surface area contributed by atoms with E-state index in [0.29, 0.717) is 3.57 Å². The molecule has 0 saturated carbocycles. The first-order valence-electron chi connectivity index (χ1n) is 3.22. The molecule has 1 aromatic carbocycles. The molecular formula is C8H6FIO2. The quantitative estimate of drug-likeness (QED) is 0.802. The minimum atomic E-state index is -1.22. The Labute approximate surface area is 82.5 Å². The first-order valence-corrected chi connectivity index (χ1v) is 4.30. The molecule has 0 aromatic heterocycles. The summed E-state index contributed by atoms with van der Waals surface area (Å²) in [4.78, 5) is 10.6. The second-order valence-electron chi connectivity index (χ2n) is 2.36. The Balaban J connectivity index is 3.43. The molecule has 4 heteroatoms. The van der Waals surface area contributed by atoms with Gasteiger partial charge < -0.3 is 5.11 Å². The maximum absolute atomic E-state index is 12.9. The van der Waals surface area contributed by atoms with E-state index in [1.807, 2.05) is 22.6 Å². The Morgan fingerprint density at radius 2 is 2.17 bits per heavy atom. The summed E-state index contributed by atoms with van der Waals surface area (Å²) >= 11 is 1.82. The van der Waals surface area contributed by atoms with Crippen LogP contribution in [0.4, 0.5) is 4.39 Å². The van der Waals surface area contributed by atoms with E-state index in [1.54, 1.807) is 13.0 Å². The molecule has 1 N–H and O–H groups in total. The van der Waals surface area contributed by atoms with Crippen LogP contribution in [-0.4, -0.2) is 11.1 Å². The van der Waals surface area contributed by atoms with E-state index >= 15 is 0 Å². The molecule has 0 aliphatic rings. The zero-order valence-corrected chi connectivity index (χ0v) is 8.42. The van der Waals surface area contributed by atoms with E-state index in [2.05, 4.69) is 0 Å². The number of halogens is 2. The largest absolute Gasteiger partial charge is 0.478 e. The number of rotatable bonds is 1. The monoisotopic (exact) mass is 280 g/mol. The Kier molecular flexibility index (Phi) is 2.66. The van der Waals surface area contributed by atoms with Gasteiger partial charge in [-0.3, -0.25) is 0 Å². The van der Waals surface area contributed by atoms with Crippen LogP contribution in [0.15, 0.2) is 12.1 Å². The van der Waals surface area contributed by atoms with Gasteiger partial charge in [-0.05, 0) is 41.1 Å². The lowest BCUT2D eigenvalue weighted by Crippen LogP contribution is -2.04. The SMILES string of the molecule is Cc1ccc(F)c(C(=O)O)c1I. The first-order chi connectivity index (χ1) is 5.54. The van der Waals surface area contributed by atoms with Gasteiger partial charge in [0.2, 0.25) is 0 Å². The second-order valence-corrected chi connectivity index (χ2v) is 3.44.